The first kappa shape index (κ1) is 7.35. The number of hydrogen-bond donors (Lipinski definition) is 1. The van der Waals surface area contributed by atoms with Gasteiger partial charge in [-0.1, -0.05) is 26.0 Å². The number of rotatable bonds is 0. The van der Waals surface area contributed by atoms with Gasteiger partial charge in [0.25, 0.3) is 0 Å². The average Bonchev–Trinajstić information content (AvgIpc) is 1.99. The first-order valence-electron chi connectivity index (χ1n) is 4.64. The third kappa shape index (κ3) is 0.943. The van der Waals surface area contributed by atoms with Crippen LogP contribution in [0.3, 0.4) is 0 Å². The minimum Gasteiger partial charge on any atom is -0.327 e. The van der Waals surface area contributed by atoms with Gasteiger partial charge in [-0.05, 0) is 30.1 Å². The van der Waals surface area contributed by atoms with Gasteiger partial charge in [0.2, 0.25) is 0 Å². The Hall–Kier alpha value is -0.300. The smallest absolute Gasteiger partial charge is 0.0134 e. The van der Waals surface area contributed by atoms with Crippen LogP contribution in [-0.2, 0) is 0 Å². The van der Waals surface area contributed by atoms with Crippen molar-refractivity contribution in [3.05, 3.63) is 12.2 Å². The lowest BCUT2D eigenvalue weighted by molar-refractivity contribution is 0.137. The maximum Gasteiger partial charge on any atom is 0.0134 e. The summed E-state index contributed by atoms with van der Waals surface area (Å²) < 4.78 is 0. The molecule has 0 spiro atoms. The van der Waals surface area contributed by atoms with Gasteiger partial charge in [-0.15, -0.1) is 0 Å². The molecular weight excluding hydrogens is 134 g/mol. The summed E-state index contributed by atoms with van der Waals surface area (Å²) in [7, 11) is 0. The first-order chi connectivity index (χ1) is 5.20. The van der Waals surface area contributed by atoms with Crippen molar-refractivity contribution in [3.8, 4) is 0 Å². The summed E-state index contributed by atoms with van der Waals surface area (Å²) in [5.74, 6) is 2.99. The number of hydrogen-bond acceptors (Lipinski definition) is 1. The quantitative estimate of drug-likeness (QED) is 0.525. The van der Waals surface area contributed by atoms with Crippen LogP contribution in [0.25, 0.3) is 0 Å². The Balaban J connectivity index is 2.27. The van der Waals surface area contributed by atoms with Crippen molar-refractivity contribution in [2.45, 2.75) is 26.3 Å². The van der Waals surface area contributed by atoms with E-state index in [1.165, 1.54) is 6.42 Å². The molecule has 11 heavy (non-hydrogen) atoms. The third-order valence-corrected chi connectivity index (χ3v) is 3.59. The van der Waals surface area contributed by atoms with E-state index in [1.807, 2.05) is 0 Å². The predicted octanol–water partition coefficient (Wildman–Crippen LogP) is 1.79. The van der Waals surface area contributed by atoms with Crippen LogP contribution in [0.15, 0.2) is 12.2 Å². The van der Waals surface area contributed by atoms with Crippen LogP contribution in [-0.4, -0.2) is 6.04 Å². The summed E-state index contributed by atoms with van der Waals surface area (Å²) in [5, 5.41) is 0. The molecule has 2 bridgehead atoms. The highest BCUT2D eigenvalue weighted by Gasteiger charge is 2.39. The van der Waals surface area contributed by atoms with Crippen LogP contribution in [0.4, 0.5) is 0 Å². The Labute approximate surface area is 68.7 Å². The second kappa shape index (κ2) is 2.34. The highest BCUT2D eigenvalue weighted by molar-refractivity contribution is 5.12. The molecule has 1 fully saturated rings. The zero-order valence-electron chi connectivity index (χ0n) is 7.33. The molecule has 2 N–H and O–H groups in total. The summed E-state index contributed by atoms with van der Waals surface area (Å²) in [5.41, 5.74) is 6.07. The zero-order valence-corrected chi connectivity index (χ0v) is 7.33. The largest absolute Gasteiger partial charge is 0.327 e. The summed E-state index contributed by atoms with van der Waals surface area (Å²) in [6.07, 6.45) is 6.02. The molecule has 0 aromatic heterocycles. The normalized spacial score (nSPS) is 55.0. The van der Waals surface area contributed by atoms with Gasteiger partial charge >= 0.3 is 0 Å². The van der Waals surface area contributed by atoms with E-state index in [9.17, 15) is 0 Å². The molecule has 0 radical (unpaired) electrons. The maximum absolute atomic E-state index is 6.07. The zero-order chi connectivity index (χ0) is 8.01. The van der Waals surface area contributed by atoms with E-state index in [2.05, 4.69) is 26.0 Å². The molecule has 1 heteroatoms. The van der Waals surface area contributed by atoms with Crippen molar-refractivity contribution in [1.29, 1.82) is 0 Å². The molecule has 0 saturated heterocycles. The van der Waals surface area contributed by atoms with Gasteiger partial charge in [0.1, 0.15) is 0 Å². The van der Waals surface area contributed by atoms with Gasteiger partial charge in [0.05, 0.1) is 0 Å². The maximum atomic E-state index is 6.07. The number of fused-ring (bicyclic) bond motifs is 2. The summed E-state index contributed by atoms with van der Waals surface area (Å²) >= 11 is 0. The van der Waals surface area contributed by atoms with Crippen LogP contribution in [0.2, 0.25) is 0 Å². The van der Waals surface area contributed by atoms with Gasteiger partial charge in [0, 0.05) is 6.04 Å². The summed E-state index contributed by atoms with van der Waals surface area (Å²) in [6, 6.07) is 0.432. The van der Waals surface area contributed by atoms with Crippen molar-refractivity contribution in [3.63, 3.8) is 0 Å². The van der Waals surface area contributed by atoms with Crippen molar-refractivity contribution in [1.82, 2.24) is 0 Å². The van der Waals surface area contributed by atoms with E-state index in [0.29, 0.717) is 17.9 Å². The lowest BCUT2D eigenvalue weighted by Crippen LogP contribution is -2.48. The van der Waals surface area contributed by atoms with Gasteiger partial charge < -0.3 is 5.73 Å². The fourth-order valence-corrected chi connectivity index (χ4v) is 2.75. The Morgan fingerprint density at radius 2 is 2.00 bits per heavy atom. The van der Waals surface area contributed by atoms with Crippen LogP contribution in [0, 0.1) is 23.7 Å². The Bertz CT molecular complexity index is 185. The second-order valence-electron chi connectivity index (χ2n) is 4.28. The van der Waals surface area contributed by atoms with E-state index in [-0.39, 0.29) is 0 Å². The predicted molar refractivity (Wildman–Crippen MR) is 47.0 cm³/mol. The molecule has 1 saturated carbocycles. The van der Waals surface area contributed by atoms with Crippen molar-refractivity contribution < 1.29 is 0 Å². The molecule has 1 nitrogen and oxygen atoms in total. The van der Waals surface area contributed by atoms with Gasteiger partial charge in [0.15, 0.2) is 0 Å². The number of nitrogens with two attached hydrogens (primary N) is 1. The van der Waals surface area contributed by atoms with Crippen LogP contribution in [0.1, 0.15) is 20.3 Å². The second-order valence-corrected chi connectivity index (χ2v) is 4.28. The molecule has 0 aromatic carbocycles. The molecule has 3 aliphatic carbocycles. The standard InChI is InChI=1S/C10H17N/c1-6-5-8-3-4-9(6)7(2)10(8)11/h3-4,6-10H,5,11H2,1-2H3. The summed E-state index contributed by atoms with van der Waals surface area (Å²) in [6.45, 7) is 4.64. The molecule has 62 valence electrons. The Morgan fingerprint density at radius 1 is 1.27 bits per heavy atom. The Morgan fingerprint density at radius 3 is 2.45 bits per heavy atom. The minimum atomic E-state index is 0.432. The van der Waals surface area contributed by atoms with Crippen molar-refractivity contribution in [2.24, 2.45) is 29.4 Å². The number of allylic oxidation sites excluding steroid dienone is 1. The van der Waals surface area contributed by atoms with Crippen molar-refractivity contribution >= 4 is 0 Å². The molecule has 0 aromatic rings. The SMILES string of the molecule is CC1CC2C=CC1C(C)C2N. The molecular formula is C10H17N. The van der Waals surface area contributed by atoms with E-state index < -0.39 is 0 Å². The highest BCUT2D eigenvalue weighted by Crippen LogP contribution is 2.42. The first-order valence-corrected chi connectivity index (χ1v) is 4.64. The topological polar surface area (TPSA) is 26.0 Å². The highest BCUT2D eigenvalue weighted by atomic mass is 14.7. The van der Waals surface area contributed by atoms with Gasteiger partial charge in [-0.3, -0.25) is 0 Å². The van der Waals surface area contributed by atoms with Crippen LogP contribution >= 0.6 is 0 Å². The van der Waals surface area contributed by atoms with E-state index in [0.717, 1.165) is 11.8 Å². The molecule has 0 amide bonds. The van der Waals surface area contributed by atoms with Gasteiger partial charge in [-0.2, -0.15) is 0 Å². The van der Waals surface area contributed by atoms with Crippen molar-refractivity contribution in [2.75, 3.05) is 0 Å². The van der Waals surface area contributed by atoms with E-state index >= 15 is 0 Å². The molecule has 5 unspecified atom stereocenters. The lowest BCUT2D eigenvalue weighted by Gasteiger charge is -2.45. The van der Waals surface area contributed by atoms with Crippen LogP contribution in [0.5, 0.6) is 0 Å². The average molecular weight is 151 g/mol. The monoisotopic (exact) mass is 151 g/mol. The molecule has 0 heterocycles. The third-order valence-electron chi connectivity index (χ3n) is 3.59. The van der Waals surface area contributed by atoms with E-state index in [4.69, 9.17) is 5.73 Å². The summed E-state index contributed by atoms with van der Waals surface area (Å²) in [4.78, 5) is 0. The molecule has 5 atom stereocenters. The molecule has 0 aliphatic heterocycles. The fraction of sp³-hybridized carbons (Fsp3) is 0.800. The van der Waals surface area contributed by atoms with Crippen LogP contribution < -0.4 is 5.73 Å². The lowest BCUT2D eigenvalue weighted by atomic mass is 9.62. The molecule has 3 rings (SSSR count). The minimum absolute atomic E-state index is 0.432. The molecule has 3 aliphatic rings. The Kier molecular flexibility index (Phi) is 1.57. The fourth-order valence-electron chi connectivity index (χ4n) is 2.75. The van der Waals surface area contributed by atoms with E-state index in [1.54, 1.807) is 0 Å². The van der Waals surface area contributed by atoms with Gasteiger partial charge in [-0.25, -0.2) is 0 Å².